The van der Waals surface area contributed by atoms with E-state index in [0.29, 0.717) is 22.4 Å². The van der Waals surface area contributed by atoms with Gasteiger partial charge in [0.15, 0.2) is 6.29 Å². The van der Waals surface area contributed by atoms with Gasteiger partial charge < -0.3 is 10.6 Å². The van der Waals surface area contributed by atoms with E-state index in [0.717, 1.165) is 35.5 Å². The zero-order chi connectivity index (χ0) is 28.8. The fourth-order valence-electron chi connectivity index (χ4n) is 3.37. The largest absolute Gasteiger partial charge is 0.401 e. The van der Waals surface area contributed by atoms with Crippen molar-refractivity contribution < 1.29 is 31.5 Å². The molecular formula is C27H37F5N2O2S. The minimum atomic E-state index is -4.94. The number of amides is 1. The van der Waals surface area contributed by atoms with Crippen LogP contribution in [0.2, 0.25) is 0 Å². The molecular weight excluding hydrogens is 511 g/mol. The van der Waals surface area contributed by atoms with Crippen molar-refractivity contribution in [3.8, 4) is 0 Å². The molecule has 2 N–H and O–H groups in total. The van der Waals surface area contributed by atoms with Crippen LogP contribution in [-0.2, 0) is 0 Å². The predicted octanol–water partition coefficient (Wildman–Crippen LogP) is 7.65. The summed E-state index contributed by atoms with van der Waals surface area (Å²) >= 11 is 1.78. The average Bonchev–Trinajstić information content (AvgIpc) is 2.83. The lowest BCUT2D eigenvalue weighted by Crippen LogP contribution is -2.35. The van der Waals surface area contributed by atoms with E-state index < -0.39 is 24.1 Å². The Balaban J connectivity index is 0.000000657. The highest BCUT2D eigenvalue weighted by atomic mass is 32.2. The lowest BCUT2D eigenvalue weighted by atomic mass is 9.96. The van der Waals surface area contributed by atoms with Crippen molar-refractivity contribution in [3.63, 3.8) is 0 Å². The van der Waals surface area contributed by atoms with Crippen molar-refractivity contribution in [3.05, 3.63) is 64.2 Å². The van der Waals surface area contributed by atoms with E-state index in [2.05, 4.69) is 17.6 Å². The summed E-state index contributed by atoms with van der Waals surface area (Å²) in [5.41, 5.74) is 2.46. The van der Waals surface area contributed by atoms with Crippen molar-refractivity contribution in [2.24, 2.45) is 0 Å². The van der Waals surface area contributed by atoms with E-state index in [4.69, 9.17) is 0 Å². The third-order valence-electron chi connectivity index (χ3n) is 5.09. The second-order valence-corrected chi connectivity index (χ2v) is 9.19. The maximum absolute atomic E-state index is 12.5. The number of anilines is 1. The number of rotatable bonds is 9. The molecule has 10 heteroatoms. The summed E-state index contributed by atoms with van der Waals surface area (Å²) in [6, 6.07) is 8.96. The molecule has 208 valence electrons. The third-order valence-corrected chi connectivity index (χ3v) is 6.24. The Morgan fingerprint density at radius 3 is 2.16 bits per heavy atom. The zero-order valence-corrected chi connectivity index (χ0v) is 23.1. The zero-order valence-electron chi connectivity index (χ0n) is 22.3. The Bertz CT molecular complexity index is 984. The van der Waals surface area contributed by atoms with Crippen LogP contribution in [0.5, 0.6) is 0 Å². The van der Waals surface area contributed by atoms with Crippen molar-refractivity contribution in [1.82, 2.24) is 5.32 Å². The number of thioether (sulfide) groups is 1. The van der Waals surface area contributed by atoms with Gasteiger partial charge in [-0.15, -0.1) is 0 Å². The minimum absolute atomic E-state index is 0.0987. The first kappa shape index (κ1) is 34.4. The monoisotopic (exact) mass is 548 g/mol. The van der Waals surface area contributed by atoms with E-state index in [-0.39, 0.29) is 11.9 Å². The Labute approximate surface area is 220 Å². The first-order valence-corrected chi connectivity index (χ1v) is 13.1. The van der Waals surface area contributed by atoms with Crippen LogP contribution in [0.15, 0.2) is 36.4 Å². The van der Waals surface area contributed by atoms with E-state index in [1.165, 1.54) is 6.07 Å². The summed E-state index contributed by atoms with van der Waals surface area (Å²) in [7, 11) is 1.61. The molecule has 2 aromatic carbocycles. The number of alkyl halides is 5. The van der Waals surface area contributed by atoms with Crippen molar-refractivity contribution in [1.29, 1.82) is 0 Å². The molecule has 0 bridgehead atoms. The van der Waals surface area contributed by atoms with Crippen molar-refractivity contribution in [2.75, 3.05) is 23.9 Å². The molecule has 2 aromatic rings. The highest BCUT2D eigenvalue weighted by Crippen LogP contribution is 2.40. The molecule has 1 unspecified atom stereocenters. The van der Waals surface area contributed by atoms with Crippen molar-refractivity contribution in [2.45, 2.75) is 66.1 Å². The summed E-state index contributed by atoms with van der Waals surface area (Å²) in [6.07, 6.45) is -7.68. The Kier molecular flexibility index (Phi) is 15.8. The van der Waals surface area contributed by atoms with Gasteiger partial charge in [0.25, 0.3) is 12.3 Å². The lowest BCUT2D eigenvalue weighted by molar-refractivity contribution is -0.178. The maximum atomic E-state index is 12.5. The van der Waals surface area contributed by atoms with Gasteiger partial charge in [0.1, 0.15) is 5.92 Å². The summed E-state index contributed by atoms with van der Waals surface area (Å²) in [4.78, 5) is 23.1. The van der Waals surface area contributed by atoms with Crippen LogP contribution in [-0.4, -0.2) is 49.4 Å². The number of benzene rings is 2. The molecule has 2 rings (SSSR count). The van der Waals surface area contributed by atoms with Gasteiger partial charge >= 0.3 is 6.18 Å². The van der Waals surface area contributed by atoms with Crippen LogP contribution in [0.25, 0.3) is 0 Å². The Morgan fingerprint density at radius 1 is 1.08 bits per heavy atom. The number of hydrogen-bond donors (Lipinski definition) is 2. The normalized spacial score (nSPS) is 12.4. The number of aryl methyl sites for hydroxylation is 2. The second kappa shape index (κ2) is 17.0. The molecule has 0 radical (unpaired) electrons. The predicted molar refractivity (Wildman–Crippen MR) is 143 cm³/mol. The molecule has 0 aliphatic carbocycles. The highest BCUT2D eigenvalue weighted by molar-refractivity contribution is 7.99. The van der Waals surface area contributed by atoms with Gasteiger partial charge in [-0.05, 0) is 49.3 Å². The summed E-state index contributed by atoms with van der Waals surface area (Å²) in [5.74, 6) is -0.985. The van der Waals surface area contributed by atoms with Crippen LogP contribution in [0.1, 0.15) is 71.0 Å². The molecule has 0 aromatic heterocycles. The number of nitrogens with one attached hydrogen (secondary N) is 2. The van der Waals surface area contributed by atoms with Crippen LogP contribution in [0.3, 0.4) is 0 Å². The van der Waals surface area contributed by atoms with Crippen LogP contribution >= 0.6 is 11.8 Å². The standard InChI is InChI=1S/C14H19NO2S.C11H12F5N.C2H6/c1-4-18-9-11(3)15-14(17)13-10(2)6-5-7-12(13)8-16;1-6-5-7(3-4-8(6)17-2)9(10(12)13)11(14,15)16;1-2/h5-8,11H,4,9H2,1-3H3,(H,15,17);3-5,9-10,17H,1-2H3;1-2H3/t11-;;/m0../s1. The van der Waals surface area contributed by atoms with E-state index in [1.54, 1.807) is 37.9 Å². The second-order valence-electron chi connectivity index (χ2n) is 7.87. The molecule has 1 amide bonds. The summed E-state index contributed by atoms with van der Waals surface area (Å²) in [5, 5.41) is 5.69. The number of carbonyl (C=O) groups is 2. The smallest absolute Gasteiger partial charge is 0.388 e. The maximum Gasteiger partial charge on any atom is 0.401 e. The molecule has 0 aliphatic heterocycles. The molecule has 0 fully saturated rings. The lowest BCUT2D eigenvalue weighted by Gasteiger charge is -2.20. The van der Waals surface area contributed by atoms with Crippen LogP contribution in [0.4, 0.5) is 27.6 Å². The molecule has 0 aliphatic rings. The first-order valence-electron chi connectivity index (χ1n) is 11.9. The SMILES string of the molecule is CC.CCSC[C@H](C)NC(=O)c1c(C)cccc1C=O.CNc1ccc(C(C(F)F)C(F)(F)F)cc1C. The van der Waals surface area contributed by atoms with Gasteiger partial charge in [0.05, 0.1) is 5.56 Å². The highest BCUT2D eigenvalue weighted by Gasteiger charge is 2.47. The van der Waals surface area contributed by atoms with E-state index >= 15 is 0 Å². The van der Waals surface area contributed by atoms with Gasteiger partial charge in [0.2, 0.25) is 0 Å². The minimum Gasteiger partial charge on any atom is -0.388 e. The van der Waals surface area contributed by atoms with Gasteiger partial charge in [-0.2, -0.15) is 24.9 Å². The van der Waals surface area contributed by atoms with Gasteiger partial charge in [0, 0.05) is 30.1 Å². The molecule has 4 nitrogen and oxygen atoms in total. The summed E-state index contributed by atoms with van der Waals surface area (Å²) in [6.45, 7) is 11.5. The third kappa shape index (κ3) is 11.1. The quantitative estimate of drug-likeness (QED) is 0.250. The number of carbonyl (C=O) groups excluding carboxylic acids is 2. The van der Waals surface area contributed by atoms with E-state index in [9.17, 15) is 31.5 Å². The molecule has 37 heavy (non-hydrogen) atoms. The molecule has 0 saturated carbocycles. The fourth-order valence-corrected chi connectivity index (χ4v) is 4.04. The first-order chi connectivity index (χ1) is 17.4. The van der Waals surface area contributed by atoms with Crippen molar-refractivity contribution >= 4 is 29.6 Å². The number of halogens is 5. The fraction of sp³-hybridized carbons (Fsp3) is 0.481. The average molecular weight is 549 g/mol. The number of aldehydes is 1. The van der Waals surface area contributed by atoms with Crippen LogP contribution in [0, 0.1) is 13.8 Å². The van der Waals surface area contributed by atoms with Crippen LogP contribution < -0.4 is 10.6 Å². The Morgan fingerprint density at radius 2 is 1.70 bits per heavy atom. The Hall–Kier alpha value is -2.62. The van der Waals surface area contributed by atoms with Gasteiger partial charge in [-0.1, -0.05) is 51.1 Å². The summed E-state index contributed by atoms with van der Waals surface area (Å²) < 4.78 is 62.3. The van der Waals surface area contributed by atoms with E-state index in [1.807, 2.05) is 33.8 Å². The molecule has 0 saturated heterocycles. The van der Waals surface area contributed by atoms with Gasteiger partial charge in [-0.3, -0.25) is 9.59 Å². The topological polar surface area (TPSA) is 58.2 Å². The molecule has 2 atom stereocenters. The van der Waals surface area contributed by atoms with Gasteiger partial charge in [-0.25, -0.2) is 8.78 Å². The molecule has 0 spiro atoms. The molecule has 0 heterocycles. The number of hydrogen-bond acceptors (Lipinski definition) is 4.